The molecule has 0 spiro atoms. The van der Waals surface area contributed by atoms with Crippen molar-refractivity contribution in [1.29, 1.82) is 0 Å². The van der Waals surface area contributed by atoms with Crippen LogP contribution in [-0.2, 0) is 11.2 Å². The van der Waals surface area contributed by atoms with Gasteiger partial charge in [-0.3, -0.25) is 4.99 Å². The number of aryl methyl sites for hydroxylation is 2. The molecule has 0 radical (unpaired) electrons. The van der Waals surface area contributed by atoms with Crippen LogP contribution in [0.25, 0.3) is 0 Å². The summed E-state index contributed by atoms with van der Waals surface area (Å²) in [5, 5.41) is 6.82. The summed E-state index contributed by atoms with van der Waals surface area (Å²) in [7, 11) is 1.86. The third kappa shape index (κ3) is 5.25. The lowest BCUT2D eigenvalue weighted by molar-refractivity contribution is 0.0264. The topological polar surface area (TPSA) is 49.8 Å². The van der Waals surface area contributed by atoms with Crippen LogP contribution >= 0.6 is 11.3 Å². The largest absolute Gasteiger partial charge is 0.378 e. The maximum atomic E-state index is 5.70. The highest BCUT2D eigenvalue weighted by atomic mass is 32.1. The van der Waals surface area contributed by atoms with Crippen LogP contribution in [0.1, 0.15) is 36.9 Å². The second-order valence-electron chi connectivity index (χ2n) is 5.60. The molecule has 22 heavy (non-hydrogen) atoms. The molecule has 1 N–H and O–H groups in total. The van der Waals surface area contributed by atoms with Crippen LogP contribution in [0.15, 0.2) is 10.4 Å². The molecule has 0 bridgehead atoms. The van der Waals surface area contributed by atoms with Crippen LogP contribution in [0.4, 0.5) is 0 Å². The predicted molar refractivity (Wildman–Crippen MR) is 92.8 cm³/mol. The number of aromatic nitrogens is 1. The van der Waals surface area contributed by atoms with Gasteiger partial charge in [-0.05, 0) is 33.1 Å². The molecule has 0 aliphatic carbocycles. The molecule has 1 aliphatic rings. The Bertz CT molecular complexity index is 466. The fourth-order valence-electron chi connectivity index (χ4n) is 2.76. The average molecular weight is 324 g/mol. The summed E-state index contributed by atoms with van der Waals surface area (Å²) in [6.07, 6.45) is 4.73. The SMILES string of the molecule is CCOC1CCN(C(=NC)NCCCc2nc(C)cs2)CC1. The van der Waals surface area contributed by atoms with Crippen molar-refractivity contribution < 1.29 is 4.74 Å². The van der Waals surface area contributed by atoms with Crippen LogP contribution in [0, 0.1) is 6.92 Å². The Labute approximate surface area is 137 Å². The summed E-state index contributed by atoms with van der Waals surface area (Å²) >= 11 is 1.75. The van der Waals surface area contributed by atoms with Gasteiger partial charge in [0.25, 0.3) is 0 Å². The van der Waals surface area contributed by atoms with Crippen molar-refractivity contribution in [1.82, 2.24) is 15.2 Å². The number of hydrogen-bond acceptors (Lipinski definition) is 4. The van der Waals surface area contributed by atoms with E-state index in [2.05, 4.69) is 32.5 Å². The Hall–Kier alpha value is -1.14. The fourth-order valence-corrected chi connectivity index (χ4v) is 3.58. The van der Waals surface area contributed by atoms with E-state index < -0.39 is 0 Å². The molecule has 0 atom stereocenters. The van der Waals surface area contributed by atoms with Gasteiger partial charge >= 0.3 is 0 Å². The van der Waals surface area contributed by atoms with Crippen LogP contribution < -0.4 is 5.32 Å². The van der Waals surface area contributed by atoms with E-state index in [-0.39, 0.29) is 0 Å². The minimum atomic E-state index is 0.424. The zero-order valence-electron chi connectivity index (χ0n) is 14.0. The standard InChI is InChI=1S/C16H28N4OS/c1-4-21-14-7-10-20(11-8-14)16(17-3)18-9-5-6-15-19-13(2)12-22-15/h12,14H,4-11H2,1-3H3,(H,17,18). The highest BCUT2D eigenvalue weighted by Gasteiger charge is 2.21. The second kappa shape index (κ2) is 9.10. The molecule has 124 valence electrons. The van der Waals surface area contributed by atoms with Crippen molar-refractivity contribution in [2.24, 2.45) is 4.99 Å². The van der Waals surface area contributed by atoms with Crippen LogP contribution in [0.5, 0.6) is 0 Å². The highest BCUT2D eigenvalue weighted by molar-refractivity contribution is 7.09. The Morgan fingerprint density at radius 3 is 2.86 bits per heavy atom. The van der Waals surface area contributed by atoms with Gasteiger partial charge in [-0.25, -0.2) is 4.98 Å². The third-order valence-corrected chi connectivity index (χ3v) is 4.90. The molecule has 1 saturated heterocycles. The number of hydrogen-bond donors (Lipinski definition) is 1. The van der Waals surface area contributed by atoms with Gasteiger partial charge in [0.05, 0.1) is 11.1 Å². The molecule has 0 amide bonds. The molecule has 0 saturated carbocycles. The molecular formula is C16H28N4OS. The molecule has 1 aromatic heterocycles. The Morgan fingerprint density at radius 2 is 2.27 bits per heavy atom. The summed E-state index contributed by atoms with van der Waals surface area (Å²) in [4.78, 5) is 11.2. The van der Waals surface area contributed by atoms with E-state index >= 15 is 0 Å². The molecule has 0 unspecified atom stereocenters. The smallest absolute Gasteiger partial charge is 0.193 e. The number of thiazole rings is 1. The minimum absolute atomic E-state index is 0.424. The Morgan fingerprint density at radius 1 is 1.50 bits per heavy atom. The van der Waals surface area contributed by atoms with Crippen molar-refractivity contribution >= 4 is 17.3 Å². The van der Waals surface area contributed by atoms with Crippen molar-refractivity contribution in [2.45, 2.75) is 45.6 Å². The summed E-state index contributed by atoms with van der Waals surface area (Å²) < 4.78 is 5.70. The van der Waals surface area contributed by atoms with Gasteiger partial charge in [0.2, 0.25) is 0 Å². The lowest BCUT2D eigenvalue weighted by Crippen LogP contribution is -2.47. The monoisotopic (exact) mass is 324 g/mol. The maximum Gasteiger partial charge on any atom is 0.193 e. The number of likely N-dealkylation sites (tertiary alicyclic amines) is 1. The molecule has 5 nitrogen and oxygen atoms in total. The maximum absolute atomic E-state index is 5.70. The minimum Gasteiger partial charge on any atom is -0.378 e. The summed E-state index contributed by atoms with van der Waals surface area (Å²) in [6, 6.07) is 0. The second-order valence-corrected chi connectivity index (χ2v) is 6.54. The van der Waals surface area contributed by atoms with E-state index in [0.717, 1.165) is 63.6 Å². The number of nitrogens with one attached hydrogen (secondary N) is 1. The summed E-state index contributed by atoms with van der Waals surface area (Å²) in [5.74, 6) is 1.02. The molecule has 6 heteroatoms. The van der Waals surface area contributed by atoms with Crippen LogP contribution in [0.3, 0.4) is 0 Å². The Balaban J connectivity index is 1.67. The van der Waals surface area contributed by atoms with E-state index in [1.165, 1.54) is 5.01 Å². The zero-order valence-corrected chi connectivity index (χ0v) is 14.8. The van der Waals surface area contributed by atoms with Crippen molar-refractivity contribution in [3.63, 3.8) is 0 Å². The number of aliphatic imine (C=N–C) groups is 1. The van der Waals surface area contributed by atoms with E-state index in [0.29, 0.717) is 6.10 Å². The molecule has 0 aromatic carbocycles. The van der Waals surface area contributed by atoms with E-state index in [4.69, 9.17) is 4.74 Å². The summed E-state index contributed by atoms with van der Waals surface area (Å²) in [6.45, 7) is 7.92. The molecule has 1 fully saturated rings. The van der Waals surface area contributed by atoms with Gasteiger partial charge in [-0.2, -0.15) is 0 Å². The first-order valence-corrected chi connectivity index (χ1v) is 9.09. The van der Waals surface area contributed by atoms with Gasteiger partial charge in [0, 0.05) is 50.8 Å². The molecule has 2 heterocycles. The van der Waals surface area contributed by atoms with Crippen LogP contribution in [-0.4, -0.2) is 55.2 Å². The summed E-state index contributed by atoms with van der Waals surface area (Å²) in [5.41, 5.74) is 1.13. The highest BCUT2D eigenvalue weighted by Crippen LogP contribution is 2.14. The fraction of sp³-hybridized carbons (Fsp3) is 0.750. The normalized spacial score (nSPS) is 17.0. The Kier molecular flexibility index (Phi) is 7.12. The molecule has 1 aromatic rings. The van der Waals surface area contributed by atoms with Crippen molar-refractivity contribution in [3.8, 4) is 0 Å². The van der Waals surface area contributed by atoms with Crippen molar-refractivity contribution in [2.75, 3.05) is 33.3 Å². The van der Waals surface area contributed by atoms with E-state index in [9.17, 15) is 0 Å². The molecule has 1 aliphatic heterocycles. The average Bonchev–Trinajstić information content (AvgIpc) is 2.94. The first-order valence-electron chi connectivity index (χ1n) is 8.21. The third-order valence-electron chi connectivity index (χ3n) is 3.87. The van der Waals surface area contributed by atoms with Gasteiger partial charge in [-0.1, -0.05) is 0 Å². The van der Waals surface area contributed by atoms with Gasteiger partial charge in [0.1, 0.15) is 0 Å². The first-order chi connectivity index (χ1) is 10.7. The van der Waals surface area contributed by atoms with Crippen molar-refractivity contribution in [3.05, 3.63) is 16.1 Å². The number of rotatable bonds is 6. The number of nitrogens with zero attached hydrogens (tertiary/aromatic N) is 3. The molecule has 2 rings (SSSR count). The van der Waals surface area contributed by atoms with Gasteiger partial charge in [-0.15, -0.1) is 11.3 Å². The van der Waals surface area contributed by atoms with E-state index in [1.54, 1.807) is 11.3 Å². The van der Waals surface area contributed by atoms with Crippen LogP contribution in [0.2, 0.25) is 0 Å². The number of piperidine rings is 1. The number of guanidine groups is 1. The number of ether oxygens (including phenoxy) is 1. The zero-order chi connectivity index (χ0) is 15.8. The van der Waals surface area contributed by atoms with Gasteiger partial charge < -0.3 is 15.0 Å². The van der Waals surface area contributed by atoms with Gasteiger partial charge in [0.15, 0.2) is 5.96 Å². The molecular weight excluding hydrogens is 296 g/mol. The lowest BCUT2D eigenvalue weighted by atomic mass is 10.1. The van der Waals surface area contributed by atoms with E-state index in [1.807, 2.05) is 14.0 Å². The first kappa shape index (κ1) is 17.2. The quantitative estimate of drug-likeness (QED) is 0.496. The lowest BCUT2D eigenvalue weighted by Gasteiger charge is -2.34. The predicted octanol–water partition coefficient (Wildman–Crippen LogP) is 2.46.